The molecule has 3 heterocycles. The number of carbonyl (C=O) groups excluding carboxylic acids is 1. The number of amides is 1. The molecule has 0 aliphatic carbocycles. The Labute approximate surface area is 98.5 Å². The number of nitrogens with zero attached hydrogens (tertiary/aromatic N) is 3. The quantitative estimate of drug-likeness (QED) is 0.843. The van der Waals surface area contributed by atoms with E-state index < -0.39 is 0 Å². The molecule has 0 atom stereocenters. The zero-order valence-corrected chi connectivity index (χ0v) is 9.26. The van der Waals surface area contributed by atoms with Gasteiger partial charge in [0.1, 0.15) is 5.69 Å². The van der Waals surface area contributed by atoms with Crippen LogP contribution in [0.25, 0.3) is 11.3 Å². The summed E-state index contributed by atoms with van der Waals surface area (Å²) >= 11 is 0. The van der Waals surface area contributed by atoms with Crippen molar-refractivity contribution in [3.05, 3.63) is 36.3 Å². The van der Waals surface area contributed by atoms with E-state index in [9.17, 15) is 4.79 Å². The van der Waals surface area contributed by atoms with Gasteiger partial charge in [0, 0.05) is 31.0 Å². The van der Waals surface area contributed by atoms with Gasteiger partial charge in [0.25, 0.3) is 5.91 Å². The highest BCUT2D eigenvalue weighted by molar-refractivity contribution is 5.93. The van der Waals surface area contributed by atoms with Crippen molar-refractivity contribution >= 4 is 5.91 Å². The molecule has 2 aromatic rings. The van der Waals surface area contributed by atoms with Gasteiger partial charge in [0.05, 0.1) is 5.69 Å². The van der Waals surface area contributed by atoms with Crippen molar-refractivity contribution in [2.75, 3.05) is 13.1 Å². The van der Waals surface area contributed by atoms with Crippen LogP contribution in [0.5, 0.6) is 0 Å². The molecule has 5 nitrogen and oxygen atoms in total. The summed E-state index contributed by atoms with van der Waals surface area (Å²) in [5.74, 6) is 0.0315. The first kappa shape index (κ1) is 10.0. The zero-order chi connectivity index (χ0) is 11.7. The van der Waals surface area contributed by atoms with Crippen LogP contribution in [0.2, 0.25) is 0 Å². The van der Waals surface area contributed by atoms with Crippen LogP contribution in [0, 0.1) is 0 Å². The number of carbonyl (C=O) groups is 1. The largest absolute Gasteiger partial charge is 0.337 e. The Kier molecular flexibility index (Phi) is 2.36. The number of hydrogen-bond acceptors (Lipinski definition) is 3. The maximum atomic E-state index is 11.9. The topological polar surface area (TPSA) is 61.9 Å². The Morgan fingerprint density at radius 3 is 2.71 bits per heavy atom. The summed E-state index contributed by atoms with van der Waals surface area (Å²) in [7, 11) is 0. The Hall–Kier alpha value is -2.17. The van der Waals surface area contributed by atoms with Gasteiger partial charge in [-0.2, -0.15) is 5.10 Å². The standard InChI is InChI=1S/C12H12N4O/c17-12(16-6-1-7-16)11-8-10(14-15-11)9-2-4-13-5-3-9/h2-5,8H,1,6-7H2,(H,14,15). The van der Waals surface area contributed by atoms with E-state index in [4.69, 9.17) is 0 Å². The molecule has 5 heteroatoms. The molecule has 0 unspecified atom stereocenters. The minimum absolute atomic E-state index is 0.0315. The van der Waals surface area contributed by atoms with Crippen LogP contribution < -0.4 is 0 Å². The average Bonchev–Trinajstić information content (AvgIpc) is 2.77. The van der Waals surface area contributed by atoms with Crippen molar-refractivity contribution in [1.82, 2.24) is 20.1 Å². The van der Waals surface area contributed by atoms with Gasteiger partial charge in [-0.1, -0.05) is 0 Å². The third kappa shape index (κ3) is 1.80. The van der Waals surface area contributed by atoms with Crippen molar-refractivity contribution in [3.63, 3.8) is 0 Å². The molecule has 1 saturated heterocycles. The average molecular weight is 228 g/mol. The van der Waals surface area contributed by atoms with E-state index in [1.165, 1.54) is 0 Å². The lowest BCUT2D eigenvalue weighted by atomic mass is 10.1. The molecule has 0 aromatic carbocycles. The summed E-state index contributed by atoms with van der Waals surface area (Å²) in [4.78, 5) is 17.7. The van der Waals surface area contributed by atoms with Gasteiger partial charge in [0.2, 0.25) is 0 Å². The fourth-order valence-corrected chi connectivity index (χ4v) is 1.79. The first-order chi connectivity index (χ1) is 8.34. The predicted molar refractivity (Wildman–Crippen MR) is 62.3 cm³/mol. The third-order valence-electron chi connectivity index (χ3n) is 2.93. The minimum Gasteiger partial charge on any atom is -0.337 e. The molecule has 0 spiro atoms. The molecule has 86 valence electrons. The van der Waals surface area contributed by atoms with Crippen LogP contribution in [0.3, 0.4) is 0 Å². The number of aromatic amines is 1. The molecule has 2 aromatic heterocycles. The van der Waals surface area contributed by atoms with E-state index in [-0.39, 0.29) is 5.91 Å². The molecule has 3 rings (SSSR count). The number of nitrogens with one attached hydrogen (secondary N) is 1. The van der Waals surface area contributed by atoms with Gasteiger partial charge >= 0.3 is 0 Å². The van der Waals surface area contributed by atoms with Crippen LogP contribution in [-0.2, 0) is 0 Å². The van der Waals surface area contributed by atoms with Crippen molar-refractivity contribution in [2.24, 2.45) is 0 Å². The predicted octanol–water partition coefficient (Wildman–Crippen LogP) is 1.32. The molecular formula is C12H12N4O. The van der Waals surface area contributed by atoms with E-state index >= 15 is 0 Å². The molecule has 0 radical (unpaired) electrons. The minimum atomic E-state index is 0.0315. The fourth-order valence-electron chi connectivity index (χ4n) is 1.79. The molecule has 1 aliphatic heterocycles. The van der Waals surface area contributed by atoms with Gasteiger partial charge in [-0.3, -0.25) is 14.9 Å². The van der Waals surface area contributed by atoms with Gasteiger partial charge in [-0.25, -0.2) is 0 Å². The Morgan fingerprint density at radius 1 is 1.29 bits per heavy atom. The monoisotopic (exact) mass is 228 g/mol. The van der Waals surface area contributed by atoms with Crippen molar-refractivity contribution in [3.8, 4) is 11.3 Å². The smallest absolute Gasteiger partial charge is 0.271 e. The Balaban J connectivity index is 1.85. The lowest BCUT2D eigenvalue weighted by molar-refractivity contribution is 0.0645. The van der Waals surface area contributed by atoms with Gasteiger partial charge in [-0.05, 0) is 24.6 Å². The summed E-state index contributed by atoms with van der Waals surface area (Å²) in [5.41, 5.74) is 2.28. The normalized spacial score (nSPS) is 14.5. The molecule has 1 N–H and O–H groups in total. The number of rotatable bonds is 2. The highest BCUT2D eigenvalue weighted by Gasteiger charge is 2.23. The maximum absolute atomic E-state index is 11.9. The Bertz CT molecular complexity index is 530. The molecule has 1 aliphatic rings. The fraction of sp³-hybridized carbons (Fsp3) is 0.250. The van der Waals surface area contributed by atoms with Gasteiger partial charge < -0.3 is 4.90 Å². The van der Waals surface area contributed by atoms with Gasteiger partial charge in [-0.15, -0.1) is 0 Å². The summed E-state index contributed by atoms with van der Waals surface area (Å²) in [6.07, 6.45) is 4.51. The van der Waals surface area contributed by atoms with Crippen LogP contribution >= 0.6 is 0 Å². The zero-order valence-electron chi connectivity index (χ0n) is 9.26. The van der Waals surface area contributed by atoms with E-state index in [0.717, 1.165) is 30.8 Å². The van der Waals surface area contributed by atoms with Crippen LogP contribution in [0.1, 0.15) is 16.9 Å². The number of hydrogen-bond donors (Lipinski definition) is 1. The van der Waals surface area contributed by atoms with Crippen LogP contribution in [0.15, 0.2) is 30.6 Å². The first-order valence-corrected chi connectivity index (χ1v) is 5.60. The highest BCUT2D eigenvalue weighted by Crippen LogP contribution is 2.18. The first-order valence-electron chi connectivity index (χ1n) is 5.60. The SMILES string of the molecule is O=C(c1cc(-c2ccncc2)n[nH]1)N1CCC1. The molecule has 17 heavy (non-hydrogen) atoms. The lowest BCUT2D eigenvalue weighted by Crippen LogP contribution is -2.42. The number of likely N-dealkylation sites (tertiary alicyclic amines) is 1. The lowest BCUT2D eigenvalue weighted by Gasteiger charge is -2.30. The second kappa shape index (κ2) is 4.01. The third-order valence-corrected chi connectivity index (χ3v) is 2.93. The number of H-pyrrole nitrogens is 1. The number of aromatic nitrogens is 3. The summed E-state index contributed by atoms with van der Waals surface area (Å²) in [6, 6.07) is 5.53. The van der Waals surface area contributed by atoms with Crippen molar-refractivity contribution in [2.45, 2.75) is 6.42 Å². The molecule has 0 bridgehead atoms. The van der Waals surface area contributed by atoms with E-state index in [1.54, 1.807) is 18.5 Å². The van der Waals surface area contributed by atoms with Crippen LogP contribution in [0.4, 0.5) is 0 Å². The number of pyridine rings is 1. The highest BCUT2D eigenvalue weighted by atomic mass is 16.2. The van der Waals surface area contributed by atoms with E-state index in [0.29, 0.717) is 5.69 Å². The Morgan fingerprint density at radius 2 is 2.06 bits per heavy atom. The summed E-state index contributed by atoms with van der Waals surface area (Å²) in [5, 5.41) is 6.94. The summed E-state index contributed by atoms with van der Waals surface area (Å²) < 4.78 is 0. The second-order valence-electron chi connectivity index (χ2n) is 4.05. The van der Waals surface area contributed by atoms with E-state index in [1.807, 2.05) is 17.0 Å². The van der Waals surface area contributed by atoms with Gasteiger partial charge in [0.15, 0.2) is 0 Å². The van der Waals surface area contributed by atoms with Crippen molar-refractivity contribution in [1.29, 1.82) is 0 Å². The summed E-state index contributed by atoms with van der Waals surface area (Å²) in [6.45, 7) is 1.70. The molecular weight excluding hydrogens is 216 g/mol. The maximum Gasteiger partial charge on any atom is 0.271 e. The molecule has 0 saturated carbocycles. The molecule has 1 fully saturated rings. The van der Waals surface area contributed by atoms with E-state index in [2.05, 4.69) is 15.2 Å². The van der Waals surface area contributed by atoms with Crippen LogP contribution in [-0.4, -0.2) is 39.1 Å². The molecule has 1 amide bonds. The van der Waals surface area contributed by atoms with Crippen molar-refractivity contribution < 1.29 is 4.79 Å². The second-order valence-corrected chi connectivity index (χ2v) is 4.05.